The van der Waals surface area contributed by atoms with Gasteiger partial charge in [-0.05, 0) is 48.9 Å². The van der Waals surface area contributed by atoms with Gasteiger partial charge in [-0.2, -0.15) is 5.10 Å². The smallest absolute Gasteiger partial charge is 0.276 e. The predicted molar refractivity (Wildman–Crippen MR) is 124 cm³/mol. The molecule has 0 aliphatic carbocycles. The van der Waals surface area contributed by atoms with Gasteiger partial charge in [0.25, 0.3) is 5.91 Å². The Labute approximate surface area is 192 Å². The molecule has 9 nitrogen and oxygen atoms in total. The number of carbonyl (C=O) groups is 1. The zero-order valence-corrected chi connectivity index (χ0v) is 19.4. The van der Waals surface area contributed by atoms with Gasteiger partial charge in [0.1, 0.15) is 5.75 Å². The van der Waals surface area contributed by atoms with E-state index in [1.165, 1.54) is 14.2 Å². The molecule has 1 saturated heterocycles. The Kier molecular flexibility index (Phi) is 6.28. The van der Waals surface area contributed by atoms with Gasteiger partial charge in [-0.3, -0.25) is 9.48 Å². The van der Waals surface area contributed by atoms with Crippen LogP contribution in [0, 0.1) is 0 Å². The molecule has 0 spiro atoms. The lowest BCUT2D eigenvalue weighted by atomic mass is 10.1. The van der Waals surface area contributed by atoms with Crippen molar-refractivity contribution in [1.82, 2.24) is 9.78 Å². The van der Waals surface area contributed by atoms with Crippen LogP contribution in [0.4, 0.5) is 5.69 Å². The number of sulfone groups is 1. The molecule has 1 atom stereocenters. The first-order valence-corrected chi connectivity index (χ1v) is 12.1. The minimum Gasteiger partial charge on any atom is -0.497 e. The third-order valence-electron chi connectivity index (χ3n) is 5.55. The summed E-state index contributed by atoms with van der Waals surface area (Å²) in [6.45, 7) is 0. The zero-order chi connectivity index (χ0) is 23.6. The molecule has 33 heavy (non-hydrogen) atoms. The van der Waals surface area contributed by atoms with E-state index in [1.807, 2.05) is 12.1 Å². The zero-order valence-electron chi connectivity index (χ0n) is 18.6. The van der Waals surface area contributed by atoms with E-state index in [9.17, 15) is 13.2 Å². The van der Waals surface area contributed by atoms with Gasteiger partial charge in [-0.1, -0.05) is 0 Å². The molecular formula is C23H25N3O6S. The van der Waals surface area contributed by atoms with Gasteiger partial charge in [0, 0.05) is 17.3 Å². The van der Waals surface area contributed by atoms with E-state index in [0.29, 0.717) is 35.1 Å². The number of amides is 1. The van der Waals surface area contributed by atoms with Crippen LogP contribution >= 0.6 is 0 Å². The second kappa shape index (κ2) is 9.14. The SMILES string of the molecule is COc1ccc(-c2cc(C(=O)Nc3ccc(OC)c(OC)c3)nn2C2CCS(=O)(=O)C2)cc1. The molecule has 0 bridgehead atoms. The van der Waals surface area contributed by atoms with E-state index in [1.54, 1.807) is 48.2 Å². The van der Waals surface area contributed by atoms with E-state index in [0.717, 1.165) is 5.56 Å². The number of aromatic nitrogens is 2. The second-order valence-electron chi connectivity index (χ2n) is 7.67. The fourth-order valence-corrected chi connectivity index (χ4v) is 5.53. The van der Waals surface area contributed by atoms with E-state index in [4.69, 9.17) is 14.2 Å². The average molecular weight is 472 g/mol. The number of nitrogens with zero attached hydrogens (tertiary/aromatic N) is 2. The molecule has 3 aromatic rings. The first kappa shape index (κ1) is 22.7. The van der Waals surface area contributed by atoms with Gasteiger partial charge in [0.15, 0.2) is 27.0 Å². The molecule has 174 valence electrons. The molecule has 0 saturated carbocycles. The summed E-state index contributed by atoms with van der Waals surface area (Å²) in [7, 11) is 1.50. The maximum Gasteiger partial charge on any atom is 0.276 e. The maximum atomic E-state index is 13.0. The summed E-state index contributed by atoms with van der Waals surface area (Å²) in [6.07, 6.45) is 0.448. The molecule has 1 aliphatic rings. The Morgan fingerprint density at radius 3 is 2.33 bits per heavy atom. The molecule has 2 heterocycles. The fraction of sp³-hybridized carbons (Fsp3) is 0.304. The topological polar surface area (TPSA) is 109 Å². The number of nitrogens with one attached hydrogen (secondary N) is 1. The molecule has 2 aromatic carbocycles. The van der Waals surface area contributed by atoms with Gasteiger partial charge >= 0.3 is 0 Å². The number of anilines is 1. The normalized spacial score (nSPS) is 16.9. The van der Waals surface area contributed by atoms with Gasteiger partial charge < -0.3 is 19.5 Å². The Morgan fingerprint density at radius 1 is 1.00 bits per heavy atom. The van der Waals surface area contributed by atoms with Gasteiger partial charge in [-0.15, -0.1) is 0 Å². The van der Waals surface area contributed by atoms with Crippen LogP contribution in [0.15, 0.2) is 48.5 Å². The Hall–Kier alpha value is -3.53. The van der Waals surface area contributed by atoms with Crippen molar-refractivity contribution in [3.63, 3.8) is 0 Å². The van der Waals surface area contributed by atoms with E-state index >= 15 is 0 Å². The fourth-order valence-electron chi connectivity index (χ4n) is 3.84. The van der Waals surface area contributed by atoms with Crippen LogP contribution in [-0.2, 0) is 9.84 Å². The molecule has 1 aromatic heterocycles. The molecule has 1 unspecified atom stereocenters. The van der Waals surface area contributed by atoms with Crippen molar-refractivity contribution in [2.24, 2.45) is 0 Å². The van der Waals surface area contributed by atoms with Crippen LogP contribution < -0.4 is 19.5 Å². The summed E-state index contributed by atoms with van der Waals surface area (Å²) < 4.78 is 41.5. The maximum absolute atomic E-state index is 13.0. The third kappa shape index (κ3) is 4.80. The first-order valence-electron chi connectivity index (χ1n) is 10.3. The van der Waals surface area contributed by atoms with Crippen molar-refractivity contribution in [1.29, 1.82) is 0 Å². The standard InChI is InChI=1S/C23H25N3O6S/c1-30-18-7-4-15(5-8-18)20-13-19(25-26(20)17-10-11-33(28,29)14-17)23(27)24-16-6-9-21(31-2)22(12-16)32-3/h4-9,12-13,17H,10-11,14H2,1-3H3,(H,24,27). The largest absolute Gasteiger partial charge is 0.497 e. The molecule has 1 aliphatic heterocycles. The van der Waals surface area contributed by atoms with E-state index in [-0.39, 0.29) is 23.2 Å². The number of methoxy groups -OCH3 is 3. The number of carbonyl (C=O) groups excluding carboxylic acids is 1. The van der Waals surface area contributed by atoms with Gasteiger partial charge in [0.05, 0.1) is 44.6 Å². The van der Waals surface area contributed by atoms with Crippen molar-refractivity contribution in [2.75, 3.05) is 38.2 Å². The Morgan fingerprint density at radius 2 is 1.73 bits per heavy atom. The van der Waals surface area contributed by atoms with Crippen LogP contribution in [0.3, 0.4) is 0 Å². The highest BCUT2D eigenvalue weighted by atomic mass is 32.2. The summed E-state index contributed by atoms with van der Waals surface area (Å²) in [5, 5.41) is 7.31. The predicted octanol–water partition coefficient (Wildman–Crippen LogP) is 3.19. The van der Waals surface area contributed by atoms with Crippen LogP contribution in [0.1, 0.15) is 23.0 Å². The van der Waals surface area contributed by atoms with Crippen molar-refractivity contribution in [3.8, 4) is 28.5 Å². The van der Waals surface area contributed by atoms with E-state index in [2.05, 4.69) is 10.4 Å². The average Bonchev–Trinajstić information content (AvgIpc) is 3.42. The summed E-state index contributed by atoms with van der Waals surface area (Å²) >= 11 is 0. The Bertz CT molecular complexity index is 1270. The van der Waals surface area contributed by atoms with Gasteiger partial charge in [-0.25, -0.2) is 8.42 Å². The molecular weight excluding hydrogens is 446 g/mol. The van der Waals surface area contributed by atoms with Crippen LogP contribution in [0.5, 0.6) is 17.2 Å². The van der Waals surface area contributed by atoms with Crippen LogP contribution in [-0.4, -0.2) is 56.9 Å². The number of hydrogen-bond acceptors (Lipinski definition) is 7. The monoisotopic (exact) mass is 471 g/mol. The molecule has 1 amide bonds. The second-order valence-corrected chi connectivity index (χ2v) is 9.90. The summed E-state index contributed by atoms with van der Waals surface area (Å²) in [5.74, 6) is 1.40. The van der Waals surface area contributed by atoms with Crippen molar-refractivity contribution in [3.05, 3.63) is 54.2 Å². The minimum atomic E-state index is -3.13. The minimum absolute atomic E-state index is 0.00538. The summed E-state index contributed by atoms with van der Waals surface area (Å²) in [6, 6.07) is 13.7. The lowest BCUT2D eigenvalue weighted by Gasteiger charge is -2.13. The first-order chi connectivity index (χ1) is 15.8. The highest BCUT2D eigenvalue weighted by Crippen LogP contribution is 2.32. The Balaban J connectivity index is 1.67. The van der Waals surface area contributed by atoms with Crippen LogP contribution in [0.25, 0.3) is 11.3 Å². The third-order valence-corrected chi connectivity index (χ3v) is 7.30. The summed E-state index contributed by atoms with van der Waals surface area (Å²) in [4.78, 5) is 13.0. The van der Waals surface area contributed by atoms with Crippen molar-refractivity contribution < 1.29 is 27.4 Å². The quantitative estimate of drug-likeness (QED) is 0.564. The molecule has 4 rings (SSSR count). The van der Waals surface area contributed by atoms with Crippen molar-refractivity contribution >= 4 is 21.4 Å². The molecule has 0 radical (unpaired) electrons. The molecule has 10 heteroatoms. The van der Waals surface area contributed by atoms with Crippen molar-refractivity contribution in [2.45, 2.75) is 12.5 Å². The number of rotatable bonds is 7. The van der Waals surface area contributed by atoms with Crippen LogP contribution in [0.2, 0.25) is 0 Å². The summed E-state index contributed by atoms with van der Waals surface area (Å²) in [5.41, 5.74) is 2.16. The lowest BCUT2D eigenvalue weighted by Crippen LogP contribution is -2.16. The van der Waals surface area contributed by atoms with Gasteiger partial charge in [0.2, 0.25) is 0 Å². The highest BCUT2D eigenvalue weighted by molar-refractivity contribution is 7.91. The number of hydrogen-bond donors (Lipinski definition) is 1. The number of benzene rings is 2. The van der Waals surface area contributed by atoms with E-state index < -0.39 is 15.7 Å². The lowest BCUT2D eigenvalue weighted by molar-refractivity contribution is 0.102. The number of ether oxygens (including phenoxy) is 3. The molecule has 1 fully saturated rings. The highest BCUT2D eigenvalue weighted by Gasteiger charge is 2.32. The molecule has 1 N–H and O–H groups in total.